The van der Waals surface area contributed by atoms with Crippen molar-refractivity contribution in [1.29, 1.82) is 0 Å². The molecule has 0 spiro atoms. The Morgan fingerprint density at radius 1 is 1.14 bits per heavy atom. The first-order valence-electron chi connectivity index (χ1n) is 11.0. The van der Waals surface area contributed by atoms with Gasteiger partial charge in [0.05, 0.1) is 11.9 Å². The number of aliphatic hydroxyl groups is 2. The Balaban J connectivity index is 1.52. The van der Waals surface area contributed by atoms with E-state index < -0.39 is 36.5 Å². The lowest BCUT2D eigenvalue weighted by Crippen LogP contribution is -2.40. The number of hydrogen-bond donors (Lipinski definition) is 5. The normalized spacial score (nSPS) is 22.1. The highest BCUT2D eigenvalue weighted by molar-refractivity contribution is 5.87. The van der Waals surface area contributed by atoms with Crippen molar-refractivity contribution in [2.75, 3.05) is 18.8 Å². The Morgan fingerprint density at radius 2 is 1.94 bits per heavy atom. The minimum atomic E-state index is -1.29. The Bertz CT molecular complexity index is 1220. The summed E-state index contributed by atoms with van der Waals surface area (Å²) in [7, 11) is 0. The SMILES string of the molecule is Nc1ncnc2c1ncn2[C@@H]1O[C@H](CN(CCCC(=O)O)Cc2cccc(C(=O)O)c2)[C@@H](O)[C@H]1O. The van der Waals surface area contributed by atoms with E-state index in [1.54, 1.807) is 12.1 Å². The molecule has 3 aromatic rings. The molecule has 1 aromatic carbocycles. The molecule has 186 valence electrons. The third-order valence-electron chi connectivity index (χ3n) is 5.88. The minimum Gasteiger partial charge on any atom is -0.481 e. The summed E-state index contributed by atoms with van der Waals surface area (Å²) in [4.78, 5) is 36.4. The zero-order valence-corrected chi connectivity index (χ0v) is 18.6. The summed E-state index contributed by atoms with van der Waals surface area (Å²) >= 11 is 0. The van der Waals surface area contributed by atoms with Crippen LogP contribution < -0.4 is 5.73 Å². The van der Waals surface area contributed by atoms with E-state index >= 15 is 0 Å². The summed E-state index contributed by atoms with van der Waals surface area (Å²) in [5.41, 5.74) is 7.36. The summed E-state index contributed by atoms with van der Waals surface area (Å²) in [5, 5.41) is 39.7. The van der Waals surface area contributed by atoms with E-state index in [0.29, 0.717) is 36.2 Å². The van der Waals surface area contributed by atoms with E-state index in [9.17, 15) is 24.9 Å². The van der Waals surface area contributed by atoms with Gasteiger partial charge in [0.1, 0.15) is 30.2 Å². The average molecular weight is 486 g/mol. The number of aliphatic carboxylic acids is 1. The molecule has 0 amide bonds. The molecule has 6 N–H and O–H groups in total. The smallest absolute Gasteiger partial charge is 0.335 e. The molecule has 0 bridgehead atoms. The highest BCUT2D eigenvalue weighted by Gasteiger charge is 2.44. The number of carbonyl (C=O) groups is 2. The van der Waals surface area contributed by atoms with Crippen LogP contribution in [0.4, 0.5) is 5.82 Å². The molecule has 1 aliphatic heterocycles. The quantitative estimate of drug-likeness (QED) is 0.259. The molecule has 35 heavy (non-hydrogen) atoms. The zero-order chi connectivity index (χ0) is 25.1. The van der Waals surface area contributed by atoms with Crippen LogP contribution in [0, 0.1) is 0 Å². The molecule has 0 radical (unpaired) electrons. The summed E-state index contributed by atoms with van der Waals surface area (Å²) in [5.74, 6) is -1.81. The monoisotopic (exact) mass is 486 g/mol. The second-order valence-corrected chi connectivity index (χ2v) is 8.37. The molecule has 1 saturated heterocycles. The molecule has 4 rings (SSSR count). The maximum atomic E-state index is 11.3. The number of anilines is 1. The van der Waals surface area contributed by atoms with E-state index in [4.69, 9.17) is 15.6 Å². The third kappa shape index (κ3) is 5.38. The van der Waals surface area contributed by atoms with Gasteiger partial charge in [-0.05, 0) is 30.7 Å². The Morgan fingerprint density at radius 3 is 2.69 bits per heavy atom. The van der Waals surface area contributed by atoms with Crippen molar-refractivity contribution in [2.24, 2.45) is 0 Å². The fraction of sp³-hybridized carbons (Fsp3) is 0.409. The van der Waals surface area contributed by atoms with Crippen LogP contribution in [0.5, 0.6) is 0 Å². The first-order chi connectivity index (χ1) is 16.7. The lowest BCUT2D eigenvalue weighted by molar-refractivity contribution is -0.137. The molecule has 1 aliphatic rings. The van der Waals surface area contributed by atoms with Crippen LogP contribution in [0.15, 0.2) is 36.9 Å². The highest BCUT2D eigenvalue weighted by Crippen LogP contribution is 2.32. The maximum absolute atomic E-state index is 11.3. The number of hydrogen-bond acceptors (Lipinski definition) is 10. The minimum absolute atomic E-state index is 0.0485. The number of fused-ring (bicyclic) bond motifs is 1. The number of nitrogens with zero attached hydrogens (tertiary/aromatic N) is 5. The zero-order valence-electron chi connectivity index (χ0n) is 18.6. The van der Waals surface area contributed by atoms with Gasteiger partial charge in [-0.3, -0.25) is 14.3 Å². The van der Waals surface area contributed by atoms with Crippen LogP contribution in [0.1, 0.15) is 35.0 Å². The summed E-state index contributed by atoms with van der Waals surface area (Å²) < 4.78 is 7.48. The lowest BCUT2D eigenvalue weighted by atomic mass is 10.1. The molecule has 0 aliphatic carbocycles. The van der Waals surface area contributed by atoms with Crippen LogP contribution >= 0.6 is 0 Å². The van der Waals surface area contributed by atoms with Crippen molar-refractivity contribution in [2.45, 2.75) is 43.9 Å². The molecular formula is C22H26N6O7. The van der Waals surface area contributed by atoms with E-state index in [-0.39, 0.29) is 24.3 Å². The van der Waals surface area contributed by atoms with Crippen LogP contribution in [-0.4, -0.2) is 88.2 Å². The molecule has 13 heteroatoms. The van der Waals surface area contributed by atoms with Crippen molar-refractivity contribution < 1.29 is 34.8 Å². The Labute approximate surface area is 199 Å². The van der Waals surface area contributed by atoms with Crippen molar-refractivity contribution in [1.82, 2.24) is 24.4 Å². The van der Waals surface area contributed by atoms with E-state index in [0.717, 1.165) is 0 Å². The van der Waals surface area contributed by atoms with E-state index in [1.807, 2.05) is 4.90 Å². The second kappa shape index (κ2) is 10.3. The first kappa shape index (κ1) is 24.5. The molecular weight excluding hydrogens is 460 g/mol. The predicted molar refractivity (Wildman–Crippen MR) is 121 cm³/mol. The molecule has 4 atom stereocenters. The van der Waals surface area contributed by atoms with Crippen molar-refractivity contribution >= 4 is 28.9 Å². The van der Waals surface area contributed by atoms with Gasteiger partial charge in [0.15, 0.2) is 17.7 Å². The topological polar surface area (TPSA) is 197 Å². The maximum Gasteiger partial charge on any atom is 0.335 e. The van der Waals surface area contributed by atoms with Crippen molar-refractivity contribution in [3.63, 3.8) is 0 Å². The summed E-state index contributed by atoms with van der Waals surface area (Å²) in [6.45, 7) is 0.815. The van der Waals surface area contributed by atoms with Gasteiger partial charge in [-0.2, -0.15) is 0 Å². The fourth-order valence-corrected chi connectivity index (χ4v) is 4.17. The number of ether oxygens (including phenoxy) is 1. The van der Waals surface area contributed by atoms with Crippen LogP contribution in [0.3, 0.4) is 0 Å². The van der Waals surface area contributed by atoms with Gasteiger partial charge in [-0.25, -0.2) is 19.7 Å². The van der Waals surface area contributed by atoms with Crippen LogP contribution in [0.25, 0.3) is 11.2 Å². The largest absolute Gasteiger partial charge is 0.481 e. The van der Waals surface area contributed by atoms with Crippen LogP contribution in [0.2, 0.25) is 0 Å². The molecule has 1 fully saturated rings. The van der Waals surface area contributed by atoms with Crippen LogP contribution in [-0.2, 0) is 16.1 Å². The van der Waals surface area contributed by atoms with Gasteiger partial charge in [0.2, 0.25) is 0 Å². The predicted octanol–water partition coefficient (Wildman–Crippen LogP) is 0.0929. The Hall–Kier alpha value is -3.65. The number of carboxylic acids is 2. The van der Waals surface area contributed by atoms with Gasteiger partial charge in [-0.15, -0.1) is 0 Å². The standard InChI is InChI=1S/C22H26N6O7/c23-19-16-20(25-10-24-19)28(11-26-16)21-18(32)17(31)14(35-21)9-27(6-2-5-15(29)30)8-12-3-1-4-13(7-12)22(33)34/h1,3-4,7,10-11,14,17-18,21,31-32H,2,5-6,8-9H2,(H,29,30)(H,33,34)(H2,23,24,25)/t14-,17-,18-,21-/m1/s1. The molecule has 3 heterocycles. The number of aromatic nitrogens is 4. The van der Waals surface area contributed by atoms with E-state index in [2.05, 4.69) is 15.0 Å². The number of aromatic carboxylic acids is 1. The van der Waals surface area contributed by atoms with Gasteiger partial charge >= 0.3 is 11.9 Å². The van der Waals surface area contributed by atoms with Gasteiger partial charge in [0.25, 0.3) is 0 Å². The van der Waals surface area contributed by atoms with Crippen molar-refractivity contribution in [3.8, 4) is 0 Å². The molecule has 13 nitrogen and oxygen atoms in total. The van der Waals surface area contributed by atoms with Gasteiger partial charge in [-0.1, -0.05) is 12.1 Å². The summed E-state index contributed by atoms with van der Waals surface area (Å²) in [6.07, 6.45) is -1.38. The van der Waals surface area contributed by atoms with E-state index in [1.165, 1.54) is 29.4 Å². The number of imidazole rings is 1. The summed E-state index contributed by atoms with van der Waals surface area (Å²) in [6, 6.07) is 6.42. The molecule has 2 aromatic heterocycles. The van der Waals surface area contributed by atoms with Crippen molar-refractivity contribution in [3.05, 3.63) is 48.0 Å². The number of benzene rings is 1. The average Bonchev–Trinajstić information content (AvgIpc) is 3.36. The fourth-order valence-electron chi connectivity index (χ4n) is 4.17. The van der Waals surface area contributed by atoms with Gasteiger partial charge in [0, 0.05) is 19.5 Å². The second-order valence-electron chi connectivity index (χ2n) is 8.37. The number of nitrogens with two attached hydrogens (primary N) is 1. The lowest BCUT2D eigenvalue weighted by Gasteiger charge is -2.26. The third-order valence-corrected chi connectivity index (χ3v) is 5.88. The first-order valence-corrected chi connectivity index (χ1v) is 11.0. The highest BCUT2D eigenvalue weighted by atomic mass is 16.6. The number of aliphatic hydroxyl groups excluding tert-OH is 2. The number of rotatable bonds is 10. The van der Waals surface area contributed by atoms with Gasteiger partial charge < -0.3 is 30.9 Å². The Kier molecular flexibility index (Phi) is 7.21. The number of nitrogen functional groups attached to an aromatic ring is 1. The number of carboxylic acid groups (broad SMARTS) is 2. The molecule has 0 unspecified atom stereocenters. The molecule has 0 saturated carbocycles.